The molecule has 3 fully saturated rings. The normalized spacial score (nSPS) is 32.1. The highest BCUT2D eigenvalue weighted by molar-refractivity contribution is 9.09. The number of ether oxygens (including phenoxy) is 1. The quantitative estimate of drug-likeness (QED) is 0.199. The minimum Gasteiger partial charge on any atom is -0.491 e. The van der Waals surface area contributed by atoms with E-state index < -0.39 is 51.1 Å². The van der Waals surface area contributed by atoms with Crippen LogP contribution >= 0.6 is 50.7 Å². The van der Waals surface area contributed by atoms with Crippen molar-refractivity contribution in [1.29, 1.82) is 0 Å². The fourth-order valence-electron chi connectivity index (χ4n) is 7.08. The van der Waals surface area contributed by atoms with Crippen LogP contribution in [-0.2, 0) is 19.2 Å². The van der Waals surface area contributed by atoms with Crippen molar-refractivity contribution in [1.82, 2.24) is 4.90 Å². The molecule has 6 unspecified atom stereocenters. The maximum absolute atomic E-state index is 14.1. The summed E-state index contributed by atoms with van der Waals surface area (Å²) in [5.41, 5.74) is 2.22. The standard InChI is InChI=1S/C30H26BrCl3N2O6/c1-15-6-7-16(12-21(15)32)36-25(38)19-9-8-17-20(23(19)26(36)39)13-29(33)27(40)35(14-31)28(41)30(29,34)24(17)18-4-2-3-5-22(18)42-11-10-37/h2-8,12,19-20,23-24,37H,9-11,13-14H2,1H3. The zero-order valence-electron chi connectivity index (χ0n) is 22.4. The van der Waals surface area contributed by atoms with E-state index in [0.29, 0.717) is 27.6 Å². The number of allylic oxidation sites excluding steroid dienone is 2. The molecule has 2 saturated heterocycles. The Morgan fingerprint density at radius 2 is 1.79 bits per heavy atom. The van der Waals surface area contributed by atoms with Crippen molar-refractivity contribution in [2.24, 2.45) is 17.8 Å². The first-order chi connectivity index (χ1) is 20.0. The summed E-state index contributed by atoms with van der Waals surface area (Å²) in [4.78, 5) is 53.9. The summed E-state index contributed by atoms with van der Waals surface area (Å²) in [6, 6.07) is 11.9. The van der Waals surface area contributed by atoms with Crippen LogP contribution in [0.2, 0.25) is 5.02 Å². The van der Waals surface area contributed by atoms with Crippen LogP contribution in [0.5, 0.6) is 5.75 Å². The first-order valence-electron chi connectivity index (χ1n) is 13.5. The van der Waals surface area contributed by atoms with Gasteiger partial charge in [0, 0.05) is 16.5 Å². The third kappa shape index (κ3) is 3.97. The van der Waals surface area contributed by atoms with Gasteiger partial charge in [-0.2, -0.15) is 0 Å². The Balaban J connectivity index is 1.52. The number of aliphatic hydroxyl groups excluding tert-OH is 1. The van der Waals surface area contributed by atoms with E-state index in [1.54, 1.807) is 42.5 Å². The second-order valence-corrected chi connectivity index (χ2v) is 13.2. The molecular formula is C30H26BrCl3N2O6. The molecule has 0 radical (unpaired) electrons. The number of aliphatic hydroxyl groups is 1. The lowest BCUT2D eigenvalue weighted by molar-refractivity contribution is -0.138. The molecule has 0 bridgehead atoms. The van der Waals surface area contributed by atoms with Crippen LogP contribution in [0, 0.1) is 24.7 Å². The Bertz CT molecular complexity index is 1570. The molecule has 2 heterocycles. The number of benzene rings is 2. The molecule has 8 nitrogen and oxygen atoms in total. The number of aryl methyl sites for hydroxylation is 1. The number of alkyl halides is 3. The van der Waals surface area contributed by atoms with Gasteiger partial charge in [0.2, 0.25) is 11.8 Å². The molecule has 1 N–H and O–H groups in total. The Hall–Kier alpha value is -2.43. The lowest BCUT2D eigenvalue weighted by Crippen LogP contribution is -2.60. The molecule has 2 aliphatic heterocycles. The molecule has 6 atom stereocenters. The summed E-state index contributed by atoms with van der Waals surface area (Å²) in [5, 5.41) is 9.86. The molecule has 4 amide bonds. The molecule has 0 spiro atoms. The number of rotatable bonds is 6. The van der Waals surface area contributed by atoms with Crippen LogP contribution in [0.3, 0.4) is 0 Å². The van der Waals surface area contributed by atoms with Crippen LogP contribution < -0.4 is 9.64 Å². The van der Waals surface area contributed by atoms with Crippen molar-refractivity contribution >= 4 is 80.0 Å². The van der Waals surface area contributed by atoms with Gasteiger partial charge >= 0.3 is 0 Å². The second-order valence-electron chi connectivity index (χ2n) is 11.0. The Morgan fingerprint density at radius 3 is 2.48 bits per heavy atom. The third-order valence-corrected chi connectivity index (χ3v) is 11.3. The van der Waals surface area contributed by atoms with Crippen LogP contribution in [0.15, 0.2) is 54.1 Å². The number of para-hydroxylation sites is 1. The number of halogens is 4. The highest BCUT2D eigenvalue weighted by Crippen LogP contribution is 2.66. The van der Waals surface area contributed by atoms with Crippen molar-refractivity contribution < 1.29 is 29.0 Å². The predicted molar refractivity (Wildman–Crippen MR) is 161 cm³/mol. The molecule has 0 aromatic heterocycles. The molecule has 220 valence electrons. The topological polar surface area (TPSA) is 104 Å². The number of hydrogen-bond acceptors (Lipinski definition) is 6. The summed E-state index contributed by atoms with van der Waals surface area (Å²) in [6.07, 6.45) is 1.99. The fourth-order valence-corrected chi connectivity index (χ4v) is 8.67. The van der Waals surface area contributed by atoms with E-state index in [4.69, 9.17) is 39.5 Å². The van der Waals surface area contributed by atoms with Crippen molar-refractivity contribution in [3.63, 3.8) is 0 Å². The van der Waals surface area contributed by atoms with Gasteiger partial charge < -0.3 is 9.84 Å². The maximum atomic E-state index is 14.1. The average molecular weight is 697 g/mol. The van der Waals surface area contributed by atoms with E-state index in [1.807, 2.05) is 13.0 Å². The summed E-state index contributed by atoms with van der Waals surface area (Å²) in [6.45, 7) is 1.57. The lowest BCUT2D eigenvalue weighted by Gasteiger charge is -2.51. The van der Waals surface area contributed by atoms with Crippen LogP contribution in [0.25, 0.3) is 0 Å². The SMILES string of the molecule is Cc1ccc(N2C(=O)C3CC=C4C(CC5(Cl)C(=O)N(CBr)C(=O)C5(Cl)C4c4ccccc4OCCO)C3C2=O)cc1Cl. The molecular weight excluding hydrogens is 671 g/mol. The molecule has 1 saturated carbocycles. The van der Waals surface area contributed by atoms with E-state index >= 15 is 0 Å². The average Bonchev–Trinajstić information content (AvgIpc) is 3.31. The van der Waals surface area contributed by atoms with Crippen molar-refractivity contribution in [2.45, 2.75) is 35.4 Å². The fraction of sp³-hybridized carbons (Fsp3) is 0.400. The van der Waals surface area contributed by atoms with E-state index in [2.05, 4.69) is 15.9 Å². The van der Waals surface area contributed by atoms with Gasteiger partial charge in [0.1, 0.15) is 12.4 Å². The first-order valence-corrected chi connectivity index (χ1v) is 15.7. The summed E-state index contributed by atoms with van der Waals surface area (Å²) in [7, 11) is 0. The number of amides is 4. The molecule has 2 aromatic rings. The number of nitrogens with zero attached hydrogens (tertiary/aromatic N) is 2. The molecule has 6 rings (SSSR count). The van der Waals surface area contributed by atoms with Gasteiger partial charge in [-0.25, -0.2) is 4.90 Å². The van der Waals surface area contributed by atoms with Crippen molar-refractivity contribution in [3.05, 3.63) is 70.3 Å². The minimum absolute atomic E-state index is 0.0142. The van der Waals surface area contributed by atoms with Gasteiger partial charge in [0.05, 0.1) is 29.6 Å². The molecule has 12 heteroatoms. The largest absolute Gasteiger partial charge is 0.491 e. The zero-order valence-corrected chi connectivity index (χ0v) is 26.2. The van der Waals surface area contributed by atoms with Gasteiger partial charge in [0.15, 0.2) is 9.75 Å². The third-order valence-electron chi connectivity index (χ3n) is 9.01. The summed E-state index contributed by atoms with van der Waals surface area (Å²) >= 11 is 24.1. The highest BCUT2D eigenvalue weighted by Gasteiger charge is 2.76. The smallest absolute Gasteiger partial charge is 0.254 e. The maximum Gasteiger partial charge on any atom is 0.254 e. The van der Waals surface area contributed by atoms with Gasteiger partial charge in [0.25, 0.3) is 11.8 Å². The highest BCUT2D eigenvalue weighted by atomic mass is 79.9. The number of carbonyl (C=O) groups excluding carboxylic acids is 4. The molecule has 2 aromatic carbocycles. The zero-order chi connectivity index (χ0) is 30.1. The van der Waals surface area contributed by atoms with Gasteiger partial charge in [-0.3, -0.25) is 24.1 Å². The van der Waals surface area contributed by atoms with Gasteiger partial charge in [-0.1, -0.05) is 63.4 Å². The number of fused-ring (bicyclic) bond motifs is 4. The van der Waals surface area contributed by atoms with Crippen LogP contribution in [0.4, 0.5) is 5.69 Å². The number of carbonyl (C=O) groups is 4. The van der Waals surface area contributed by atoms with Crippen molar-refractivity contribution in [3.8, 4) is 5.75 Å². The monoisotopic (exact) mass is 694 g/mol. The van der Waals surface area contributed by atoms with Gasteiger partial charge in [-0.05, 0) is 49.4 Å². The van der Waals surface area contributed by atoms with Gasteiger partial charge in [-0.15, -0.1) is 23.2 Å². The molecule has 2 aliphatic carbocycles. The molecule has 42 heavy (non-hydrogen) atoms. The Morgan fingerprint density at radius 1 is 1.05 bits per heavy atom. The number of anilines is 1. The number of hydrogen-bond donors (Lipinski definition) is 1. The summed E-state index contributed by atoms with van der Waals surface area (Å²) in [5.74, 6) is -4.88. The van der Waals surface area contributed by atoms with E-state index in [1.165, 1.54) is 4.90 Å². The molecule has 4 aliphatic rings. The Kier molecular flexibility index (Phi) is 7.50. The van der Waals surface area contributed by atoms with Crippen molar-refractivity contribution in [2.75, 3.05) is 23.6 Å². The second kappa shape index (κ2) is 10.6. The van der Waals surface area contributed by atoms with Crippen LogP contribution in [0.1, 0.15) is 29.9 Å². The predicted octanol–water partition coefficient (Wildman–Crippen LogP) is 4.94. The van der Waals surface area contributed by atoms with Crippen LogP contribution in [-0.4, -0.2) is 62.1 Å². The minimum atomic E-state index is -1.94. The lowest BCUT2D eigenvalue weighted by atomic mass is 9.56. The van der Waals surface area contributed by atoms with E-state index in [9.17, 15) is 24.3 Å². The van der Waals surface area contributed by atoms with E-state index in [-0.39, 0.29) is 37.4 Å². The number of likely N-dealkylation sites (tertiary alicyclic amines) is 1. The van der Waals surface area contributed by atoms with E-state index in [0.717, 1.165) is 10.5 Å². The summed E-state index contributed by atoms with van der Waals surface area (Å²) < 4.78 is 5.84. The first kappa shape index (κ1) is 29.6. The Labute approximate surface area is 265 Å². The number of imide groups is 2.